The van der Waals surface area contributed by atoms with Crippen LogP contribution in [0.4, 0.5) is 11.4 Å². The molecule has 9 heteroatoms. The third-order valence-electron chi connectivity index (χ3n) is 5.95. The summed E-state index contributed by atoms with van der Waals surface area (Å²) in [5.74, 6) is 0.979. The number of nitrogens with zero attached hydrogens (tertiary/aromatic N) is 2. The van der Waals surface area contributed by atoms with Crippen LogP contribution >= 0.6 is 11.6 Å². The minimum absolute atomic E-state index is 0.0972. The standard InChI is InChI=1S/C26H24ClN3O4S/c1-17-20(27)9-6-12-24(17)35(31,32)29-22-15-18-7-3-4-10-21(18)28-26(22)34-16-19-8-5-11-23-25(19)30(2)13-14-33-23/h3-12,15,29H,13-14,16H2,1-2H3. The van der Waals surface area contributed by atoms with Gasteiger partial charge < -0.3 is 14.4 Å². The fourth-order valence-electron chi connectivity index (χ4n) is 4.14. The second kappa shape index (κ2) is 9.28. The fourth-order valence-corrected chi connectivity index (χ4v) is 5.69. The minimum Gasteiger partial charge on any atom is -0.490 e. The number of benzene rings is 3. The van der Waals surface area contributed by atoms with Gasteiger partial charge in [0, 0.05) is 23.0 Å². The maximum absolute atomic E-state index is 13.3. The number of sulfonamides is 1. The zero-order valence-corrected chi connectivity index (χ0v) is 20.9. The van der Waals surface area contributed by atoms with E-state index in [0.29, 0.717) is 22.7 Å². The van der Waals surface area contributed by atoms with E-state index in [2.05, 4.69) is 14.6 Å². The van der Waals surface area contributed by atoms with Gasteiger partial charge in [0.15, 0.2) is 0 Å². The fraction of sp³-hybridized carbons (Fsp3) is 0.192. The number of para-hydroxylation sites is 2. The van der Waals surface area contributed by atoms with Crippen molar-refractivity contribution in [1.82, 2.24) is 4.98 Å². The lowest BCUT2D eigenvalue weighted by Gasteiger charge is -2.29. The second-order valence-corrected chi connectivity index (χ2v) is 10.4. The molecule has 0 saturated carbocycles. The highest BCUT2D eigenvalue weighted by Crippen LogP contribution is 2.36. The Morgan fingerprint density at radius 1 is 1.11 bits per heavy atom. The van der Waals surface area contributed by atoms with Crippen molar-refractivity contribution in [1.29, 1.82) is 0 Å². The lowest BCUT2D eigenvalue weighted by Crippen LogP contribution is -2.30. The van der Waals surface area contributed by atoms with Crippen molar-refractivity contribution in [2.24, 2.45) is 0 Å². The molecule has 0 spiro atoms. The third kappa shape index (κ3) is 4.59. The lowest BCUT2D eigenvalue weighted by molar-refractivity contribution is 0.288. The highest BCUT2D eigenvalue weighted by Gasteiger charge is 2.23. The molecule has 35 heavy (non-hydrogen) atoms. The molecule has 7 nitrogen and oxygen atoms in total. The molecule has 5 rings (SSSR count). The second-order valence-electron chi connectivity index (χ2n) is 8.32. The van der Waals surface area contributed by atoms with Gasteiger partial charge in [-0.15, -0.1) is 0 Å². The van der Waals surface area contributed by atoms with Crippen LogP contribution in [0.1, 0.15) is 11.1 Å². The summed E-state index contributed by atoms with van der Waals surface area (Å²) in [4.78, 5) is 6.84. The molecule has 0 radical (unpaired) electrons. The summed E-state index contributed by atoms with van der Waals surface area (Å²) >= 11 is 6.18. The molecule has 1 aliphatic rings. The first-order valence-corrected chi connectivity index (χ1v) is 13.0. The minimum atomic E-state index is -3.95. The molecule has 0 fully saturated rings. The van der Waals surface area contributed by atoms with Gasteiger partial charge in [0.1, 0.15) is 24.7 Å². The monoisotopic (exact) mass is 509 g/mol. The number of likely N-dealkylation sites (N-methyl/N-ethyl adjacent to an activating group) is 1. The first-order valence-electron chi connectivity index (χ1n) is 11.1. The maximum atomic E-state index is 13.3. The first-order chi connectivity index (χ1) is 16.8. The molecule has 0 bridgehead atoms. The summed E-state index contributed by atoms with van der Waals surface area (Å²) in [6.45, 7) is 3.24. The van der Waals surface area contributed by atoms with Crippen LogP contribution in [0.3, 0.4) is 0 Å². The number of nitrogens with one attached hydrogen (secondary N) is 1. The Bertz CT molecular complexity index is 1520. The van der Waals surface area contributed by atoms with Crippen LogP contribution < -0.4 is 19.1 Å². The largest absolute Gasteiger partial charge is 0.490 e. The zero-order chi connectivity index (χ0) is 24.6. The van der Waals surface area contributed by atoms with Crippen molar-refractivity contribution >= 4 is 43.9 Å². The van der Waals surface area contributed by atoms with Crippen molar-refractivity contribution in [2.45, 2.75) is 18.4 Å². The van der Waals surface area contributed by atoms with E-state index in [9.17, 15) is 8.42 Å². The molecule has 180 valence electrons. The van der Waals surface area contributed by atoms with Crippen molar-refractivity contribution in [3.8, 4) is 11.6 Å². The van der Waals surface area contributed by atoms with Crippen molar-refractivity contribution in [3.05, 3.63) is 82.9 Å². The number of ether oxygens (including phenoxy) is 2. The van der Waals surface area contributed by atoms with Crippen LogP contribution in [-0.2, 0) is 16.6 Å². The average Bonchev–Trinajstić information content (AvgIpc) is 2.84. The van der Waals surface area contributed by atoms with E-state index in [1.807, 2.05) is 49.5 Å². The molecule has 0 atom stereocenters. The van der Waals surface area contributed by atoms with E-state index in [-0.39, 0.29) is 23.1 Å². The Labute approximate surface area is 209 Å². The van der Waals surface area contributed by atoms with Gasteiger partial charge in [-0.25, -0.2) is 13.4 Å². The predicted molar refractivity (Wildman–Crippen MR) is 138 cm³/mol. The number of hydrogen-bond donors (Lipinski definition) is 1. The highest BCUT2D eigenvalue weighted by molar-refractivity contribution is 7.92. The SMILES string of the molecule is Cc1c(Cl)cccc1S(=O)(=O)Nc1cc2ccccc2nc1OCc1cccc2c1N(C)CCO2. The van der Waals surface area contributed by atoms with Crippen LogP contribution in [-0.4, -0.2) is 33.6 Å². The number of halogens is 1. The summed E-state index contributed by atoms with van der Waals surface area (Å²) < 4.78 is 41.2. The van der Waals surface area contributed by atoms with Gasteiger partial charge in [-0.2, -0.15) is 0 Å². The summed E-state index contributed by atoms with van der Waals surface area (Å²) in [5.41, 5.74) is 3.28. The number of hydrogen-bond acceptors (Lipinski definition) is 6. The number of pyridine rings is 1. The molecule has 4 aromatic rings. The molecule has 1 aliphatic heterocycles. The van der Waals surface area contributed by atoms with Crippen LogP contribution in [0.2, 0.25) is 5.02 Å². The summed E-state index contributed by atoms with van der Waals surface area (Å²) in [7, 11) is -1.94. The van der Waals surface area contributed by atoms with Crippen molar-refractivity contribution in [3.63, 3.8) is 0 Å². The smallest absolute Gasteiger partial charge is 0.262 e. The molecule has 0 saturated heterocycles. The van der Waals surface area contributed by atoms with E-state index in [4.69, 9.17) is 21.1 Å². The maximum Gasteiger partial charge on any atom is 0.262 e. The normalized spacial score (nSPS) is 13.3. The molecular weight excluding hydrogens is 486 g/mol. The number of aromatic nitrogens is 1. The Hall–Kier alpha value is -3.49. The van der Waals surface area contributed by atoms with E-state index in [1.54, 1.807) is 25.1 Å². The third-order valence-corrected chi connectivity index (χ3v) is 7.87. The molecular formula is C26H24ClN3O4S. The number of fused-ring (bicyclic) bond motifs is 2. The predicted octanol–water partition coefficient (Wildman–Crippen LogP) is 5.41. The summed E-state index contributed by atoms with van der Waals surface area (Å²) in [6.07, 6.45) is 0. The van der Waals surface area contributed by atoms with Crippen molar-refractivity contribution < 1.29 is 17.9 Å². The molecule has 0 amide bonds. The lowest BCUT2D eigenvalue weighted by atomic mass is 10.1. The van der Waals surface area contributed by atoms with E-state index in [0.717, 1.165) is 28.9 Å². The quantitative estimate of drug-likeness (QED) is 0.374. The molecule has 0 unspecified atom stereocenters. The molecule has 0 aliphatic carbocycles. The Kier molecular flexibility index (Phi) is 6.17. The van der Waals surface area contributed by atoms with Crippen LogP contribution in [0.25, 0.3) is 10.9 Å². The van der Waals surface area contributed by atoms with Gasteiger partial charge in [0.2, 0.25) is 5.88 Å². The first kappa shape index (κ1) is 23.3. The zero-order valence-electron chi connectivity index (χ0n) is 19.3. The van der Waals surface area contributed by atoms with Gasteiger partial charge in [0.05, 0.1) is 22.6 Å². The molecule has 2 heterocycles. The number of anilines is 2. The van der Waals surface area contributed by atoms with Crippen molar-refractivity contribution in [2.75, 3.05) is 29.8 Å². The van der Waals surface area contributed by atoms with Gasteiger partial charge in [-0.3, -0.25) is 4.72 Å². The Morgan fingerprint density at radius 3 is 2.77 bits per heavy atom. The summed E-state index contributed by atoms with van der Waals surface area (Å²) in [5, 5.41) is 1.16. The van der Waals surface area contributed by atoms with Crippen LogP contribution in [0.5, 0.6) is 11.6 Å². The average molecular weight is 510 g/mol. The molecule has 1 aromatic heterocycles. The Balaban J connectivity index is 1.52. The molecule has 3 aromatic carbocycles. The van der Waals surface area contributed by atoms with E-state index in [1.165, 1.54) is 6.07 Å². The number of rotatable bonds is 6. The molecule has 1 N–H and O–H groups in total. The Morgan fingerprint density at radius 2 is 1.91 bits per heavy atom. The van der Waals surface area contributed by atoms with E-state index >= 15 is 0 Å². The topological polar surface area (TPSA) is 80.8 Å². The van der Waals surface area contributed by atoms with E-state index < -0.39 is 10.0 Å². The summed E-state index contributed by atoms with van der Waals surface area (Å²) in [6, 6.07) is 19.8. The highest BCUT2D eigenvalue weighted by atomic mass is 35.5. The van der Waals surface area contributed by atoms with Gasteiger partial charge >= 0.3 is 0 Å². The van der Waals surface area contributed by atoms with Gasteiger partial charge in [-0.05, 0) is 42.8 Å². The van der Waals surface area contributed by atoms with Crippen LogP contribution in [0, 0.1) is 6.92 Å². The van der Waals surface area contributed by atoms with Gasteiger partial charge in [0.25, 0.3) is 10.0 Å². The van der Waals surface area contributed by atoms with Crippen LogP contribution in [0.15, 0.2) is 71.6 Å². The van der Waals surface area contributed by atoms with Gasteiger partial charge in [-0.1, -0.05) is 48.0 Å².